The maximum absolute atomic E-state index is 12.8. The van der Waals surface area contributed by atoms with E-state index in [-0.39, 0.29) is 5.91 Å². The van der Waals surface area contributed by atoms with Crippen LogP contribution < -0.4 is 5.32 Å². The number of carbonyl (C=O) groups is 1. The highest BCUT2D eigenvalue weighted by Gasteiger charge is 2.19. The van der Waals surface area contributed by atoms with Crippen LogP contribution in [-0.2, 0) is 6.54 Å². The van der Waals surface area contributed by atoms with E-state index in [9.17, 15) is 4.79 Å². The number of hydrogen-bond donors (Lipinski definition) is 1. The molecule has 1 saturated heterocycles. The summed E-state index contributed by atoms with van der Waals surface area (Å²) >= 11 is 5.49. The Kier molecular flexibility index (Phi) is 5.80. The normalized spacial score (nSPS) is 15.1. The van der Waals surface area contributed by atoms with Crippen molar-refractivity contribution in [3.8, 4) is 0 Å². The Morgan fingerprint density at radius 2 is 1.96 bits per heavy atom. The average Bonchev–Trinajstić information content (AvgIpc) is 3.01. The van der Waals surface area contributed by atoms with E-state index < -0.39 is 0 Å². The van der Waals surface area contributed by atoms with Crippen LogP contribution in [0, 0.1) is 13.8 Å². The summed E-state index contributed by atoms with van der Waals surface area (Å²) in [5.41, 5.74) is 4.74. The average molecular weight is 459 g/mol. The molecule has 146 valence electrons. The molecule has 6 heteroatoms. The van der Waals surface area contributed by atoms with Crippen LogP contribution >= 0.6 is 27.7 Å². The van der Waals surface area contributed by atoms with Crippen molar-refractivity contribution >= 4 is 50.3 Å². The summed E-state index contributed by atoms with van der Waals surface area (Å²) in [4.78, 5) is 15.3. The molecule has 0 saturated carbocycles. The van der Waals surface area contributed by atoms with Crippen molar-refractivity contribution in [1.29, 1.82) is 0 Å². The number of nitrogens with zero attached hydrogens (tertiary/aromatic N) is 1. The molecule has 1 amide bonds. The standard InChI is InChI=1S/C22H23BrN2O2S/c1-14-11-16(13-25-7-9-28-10-8-25)3-5-19(14)24-22(26)21-15(2)18-12-17(23)4-6-20(18)27-21/h3-6,11-12H,7-10,13H2,1-2H3,(H,24,26). The van der Waals surface area contributed by atoms with Crippen molar-refractivity contribution in [3.63, 3.8) is 0 Å². The Morgan fingerprint density at radius 3 is 2.71 bits per heavy atom. The molecule has 0 spiro atoms. The maximum Gasteiger partial charge on any atom is 0.291 e. The van der Waals surface area contributed by atoms with Crippen LogP contribution in [0.15, 0.2) is 45.3 Å². The zero-order valence-electron chi connectivity index (χ0n) is 16.0. The highest BCUT2D eigenvalue weighted by molar-refractivity contribution is 9.10. The van der Waals surface area contributed by atoms with Crippen molar-refractivity contribution in [2.45, 2.75) is 20.4 Å². The molecular formula is C22H23BrN2O2S. The van der Waals surface area contributed by atoms with Crippen LogP contribution in [0.2, 0.25) is 0 Å². The van der Waals surface area contributed by atoms with Crippen LogP contribution in [0.25, 0.3) is 11.0 Å². The molecule has 1 aliphatic heterocycles. The fourth-order valence-electron chi connectivity index (χ4n) is 3.57. The van der Waals surface area contributed by atoms with Gasteiger partial charge < -0.3 is 9.73 Å². The Morgan fingerprint density at radius 1 is 1.18 bits per heavy atom. The first-order chi connectivity index (χ1) is 13.5. The Hall–Kier alpha value is -1.76. The van der Waals surface area contributed by atoms with Gasteiger partial charge in [0.2, 0.25) is 0 Å². The third-order valence-electron chi connectivity index (χ3n) is 5.15. The molecular weight excluding hydrogens is 436 g/mol. The smallest absolute Gasteiger partial charge is 0.291 e. The molecule has 2 aromatic carbocycles. The number of anilines is 1. The number of halogens is 1. The summed E-state index contributed by atoms with van der Waals surface area (Å²) in [5.74, 6) is 2.57. The van der Waals surface area contributed by atoms with Crippen LogP contribution in [0.1, 0.15) is 27.2 Å². The third-order valence-corrected chi connectivity index (χ3v) is 6.59. The molecule has 2 heterocycles. The minimum absolute atomic E-state index is 0.214. The first-order valence-electron chi connectivity index (χ1n) is 9.41. The number of amides is 1. The topological polar surface area (TPSA) is 45.5 Å². The van der Waals surface area contributed by atoms with Gasteiger partial charge in [-0.05, 0) is 49.2 Å². The molecule has 1 aromatic heterocycles. The van der Waals surface area contributed by atoms with Gasteiger partial charge in [0, 0.05) is 52.2 Å². The Bertz CT molecular complexity index is 1020. The predicted octanol–water partition coefficient (Wildman–Crippen LogP) is 5.61. The van der Waals surface area contributed by atoms with Crippen LogP contribution in [0.4, 0.5) is 5.69 Å². The highest BCUT2D eigenvalue weighted by Crippen LogP contribution is 2.29. The van der Waals surface area contributed by atoms with Crippen molar-refractivity contribution in [2.75, 3.05) is 29.9 Å². The van der Waals surface area contributed by atoms with E-state index >= 15 is 0 Å². The second-order valence-electron chi connectivity index (χ2n) is 7.19. The minimum Gasteiger partial charge on any atom is -0.451 e. The Labute approximate surface area is 177 Å². The van der Waals surface area contributed by atoms with Gasteiger partial charge in [-0.25, -0.2) is 0 Å². The first-order valence-corrected chi connectivity index (χ1v) is 11.4. The van der Waals surface area contributed by atoms with Crippen molar-refractivity contribution in [3.05, 3.63) is 63.3 Å². The molecule has 28 heavy (non-hydrogen) atoms. The van der Waals surface area contributed by atoms with Crippen molar-refractivity contribution < 1.29 is 9.21 Å². The van der Waals surface area contributed by atoms with Gasteiger partial charge in [-0.3, -0.25) is 9.69 Å². The lowest BCUT2D eigenvalue weighted by Crippen LogP contribution is -2.31. The molecule has 0 aliphatic carbocycles. The van der Waals surface area contributed by atoms with E-state index in [1.165, 1.54) is 17.1 Å². The van der Waals surface area contributed by atoms with Gasteiger partial charge in [0.15, 0.2) is 5.76 Å². The van der Waals surface area contributed by atoms with Gasteiger partial charge in [-0.2, -0.15) is 11.8 Å². The van der Waals surface area contributed by atoms with E-state index in [1.807, 2.05) is 49.9 Å². The molecule has 0 atom stereocenters. The summed E-state index contributed by atoms with van der Waals surface area (Å²) in [6.07, 6.45) is 0. The van der Waals surface area contributed by atoms with Gasteiger partial charge in [0.1, 0.15) is 5.58 Å². The van der Waals surface area contributed by atoms with Gasteiger partial charge in [0.25, 0.3) is 5.91 Å². The van der Waals surface area contributed by atoms with E-state index in [4.69, 9.17) is 4.42 Å². The van der Waals surface area contributed by atoms with Crippen molar-refractivity contribution in [2.24, 2.45) is 0 Å². The summed E-state index contributed by atoms with van der Waals surface area (Å²) < 4.78 is 6.78. The highest BCUT2D eigenvalue weighted by atomic mass is 79.9. The number of hydrogen-bond acceptors (Lipinski definition) is 4. The zero-order chi connectivity index (χ0) is 19.7. The monoisotopic (exact) mass is 458 g/mol. The minimum atomic E-state index is -0.214. The molecule has 0 radical (unpaired) electrons. The predicted molar refractivity (Wildman–Crippen MR) is 120 cm³/mol. The van der Waals surface area contributed by atoms with Crippen LogP contribution in [0.3, 0.4) is 0 Å². The second-order valence-corrected chi connectivity index (χ2v) is 9.33. The zero-order valence-corrected chi connectivity index (χ0v) is 18.5. The van der Waals surface area contributed by atoms with Gasteiger partial charge in [-0.15, -0.1) is 0 Å². The fraction of sp³-hybridized carbons (Fsp3) is 0.318. The second kappa shape index (κ2) is 8.31. The number of aryl methyl sites for hydroxylation is 2. The number of carbonyl (C=O) groups excluding carboxylic acids is 1. The molecule has 3 aromatic rings. The Balaban J connectivity index is 1.50. The van der Waals surface area contributed by atoms with E-state index in [0.717, 1.165) is 51.9 Å². The quantitative estimate of drug-likeness (QED) is 0.551. The van der Waals surface area contributed by atoms with Gasteiger partial charge in [0.05, 0.1) is 0 Å². The molecule has 1 fully saturated rings. The van der Waals surface area contributed by atoms with Gasteiger partial charge in [-0.1, -0.05) is 28.1 Å². The number of thioether (sulfide) groups is 1. The third kappa shape index (κ3) is 4.14. The first kappa shape index (κ1) is 19.6. The number of fused-ring (bicyclic) bond motifs is 1. The molecule has 0 bridgehead atoms. The number of nitrogens with one attached hydrogen (secondary N) is 1. The lowest BCUT2D eigenvalue weighted by Gasteiger charge is -2.26. The fourth-order valence-corrected chi connectivity index (χ4v) is 4.91. The summed E-state index contributed by atoms with van der Waals surface area (Å²) in [6, 6.07) is 12.0. The lowest BCUT2D eigenvalue weighted by molar-refractivity contribution is 0.0998. The maximum atomic E-state index is 12.8. The molecule has 4 nitrogen and oxygen atoms in total. The van der Waals surface area contributed by atoms with Crippen LogP contribution in [0.5, 0.6) is 0 Å². The van der Waals surface area contributed by atoms with Gasteiger partial charge >= 0.3 is 0 Å². The SMILES string of the molecule is Cc1cc(CN2CCSCC2)ccc1NC(=O)c1oc2ccc(Br)cc2c1C. The molecule has 1 N–H and O–H groups in total. The van der Waals surface area contributed by atoms with Crippen LogP contribution in [-0.4, -0.2) is 35.4 Å². The largest absolute Gasteiger partial charge is 0.451 e. The summed E-state index contributed by atoms with van der Waals surface area (Å²) in [7, 11) is 0. The number of furan rings is 1. The van der Waals surface area contributed by atoms with E-state index in [1.54, 1.807) is 0 Å². The van der Waals surface area contributed by atoms with E-state index in [2.05, 4.69) is 38.3 Å². The lowest BCUT2D eigenvalue weighted by atomic mass is 10.1. The van der Waals surface area contributed by atoms with E-state index in [0.29, 0.717) is 5.76 Å². The molecule has 0 unspecified atom stereocenters. The van der Waals surface area contributed by atoms with Crippen molar-refractivity contribution in [1.82, 2.24) is 4.90 Å². The number of rotatable bonds is 4. The summed E-state index contributed by atoms with van der Waals surface area (Å²) in [5, 5.41) is 3.96. The molecule has 4 rings (SSSR count). The summed E-state index contributed by atoms with van der Waals surface area (Å²) in [6.45, 7) is 7.20. The number of benzene rings is 2. The molecule has 1 aliphatic rings.